The Morgan fingerprint density at radius 2 is 0.946 bits per heavy atom. The molecular formula is C49H49ClN2O4. The van der Waals surface area contributed by atoms with E-state index in [1.54, 1.807) is 0 Å². The normalized spacial score (nSPS) is 13.6. The maximum absolute atomic E-state index is 7.87. The summed E-state index contributed by atoms with van der Waals surface area (Å²) in [6.45, 7) is 17.6. The van der Waals surface area contributed by atoms with Crippen LogP contribution in [-0.2, 0) is 10.8 Å². The number of ether oxygens (including phenoxy) is 4. The minimum Gasteiger partial charge on any atom is -0.486 e. The van der Waals surface area contributed by atoms with Gasteiger partial charge in [0.1, 0.15) is 26.4 Å². The topological polar surface area (TPSA) is 43.4 Å². The highest BCUT2D eigenvalue weighted by molar-refractivity contribution is 6.37. The number of fused-ring (bicyclic) bond motifs is 2. The average molecular weight is 765 g/mol. The van der Waals surface area contributed by atoms with E-state index in [0.717, 1.165) is 62.3 Å². The van der Waals surface area contributed by atoms with E-state index in [-0.39, 0.29) is 10.8 Å². The molecule has 2 aliphatic rings. The summed E-state index contributed by atoms with van der Waals surface area (Å²) in [6.07, 6.45) is 0. The number of halogens is 1. The zero-order chi connectivity index (χ0) is 39.2. The number of hydrogen-bond acceptors (Lipinski definition) is 6. The predicted molar refractivity (Wildman–Crippen MR) is 230 cm³/mol. The van der Waals surface area contributed by atoms with E-state index in [9.17, 15) is 0 Å². The smallest absolute Gasteiger partial charge is 0.163 e. The van der Waals surface area contributed by atoms with Gasteiger partial charge in [0, 0.05) is 23.4 Å². The Kier molecular flexibility index (Phi) is 9.88. The molecule has 0 N–H and O–H groups in total. The molecule has 0 saturated heterocycles. The highest BCUT2D eigenvalue weighted by Crippen LogP contribution is 2.51. The Morgan fingerprint density at radius 3 is 1.48 bits per heavy atom. The lowest BCUT2D eigenvalue weighted by atomic mass is 9.84. The number of hydrogen-bond donors (Lipinski definition) is 0. The van der Waals surface area contributed by atoms with Gasteiger partial charge in [0.25, 0.3) is 0 Å². The molecule has 0 atom stereocenters. The van der Waals surface area contributed by atoms with Crippen molar-refractivity contribution in [3.05, 3.63) is 143 Å². The number of rotatable bonds is 7. The van der Waals surface area contributed by atoms with Crippen molar-refractivity contribution in [3.63, 3.8) is 0 Å². The summed E-state index contributed by atoms with van der Waals surface area (Å²) in [6, 6.07) is 42.7. The first-order valence-electron chi connectivity index (χ1n) is 19.4. The summed E-state index contributed by atoms with van der Waals surface area (Å²) in [5.41, 5.74) is 11.2. The van der Waals surface area contributed by atoms with Crippen molar-refractivity contribution in [2.24, 2.45) is 0 Å². The molecule has 6 nitrogen and oxygen atoms in total. The molecule has 6 aromatic carbocycles. The van der Waals surface area contributed by atoms with Crippen LogP contribution < -0.4 is 28.7 Å². The van der Waals surface area contributed by atoms with Gasteiger partial charge < -0.3 is 28.7 Å². The highest BCUT2D eigenvalue weighted by atomic mass is 35.5. The largest absolute Gasteiger partial charge is 0.486 e. The van der Waals surface area contributed by atoms with Crippen LogP contribution in [0.15, 0.2) is 121 Å². The van der Waals surface area contributed by atoms with Gasteiger partial charge in [-0.25, -0.2) is 0 Å². The van der Waals surface area contributed by atoms with Crippen molar-refractivity contribution >= 4 is 45.7 Å². The molecule has 6 aromatic rings. The van der Waals surface area contributed by atoms with Gasteiger partial charge in [-0.1, -0.05) is 102 Å². The molecule has 0 saturated carbocycles. The van der Waals surface area contributed by atoms with Crippen LogP contribution in [0.3, 0.4) is 0 Å². The molecule has 286 valence electrons. The molecule has 0 fully saturated rings. The molecular weight excluding hydrogens is 716 g/mol. The van der Waals surface area contributed by atoms with Crippen molar-refractivity contribution in [1.82, 2.24) is 0 Å². The quantitative estimate of drug-likeness (QED) is 0.161. The molecule has 0 aromatic heterocycles. The Bertz CT molecular complexity index is 2320. The predicted octanol–water partition coefficient (Wildman–Crippen LogP) is 13.4. The van der Waals surface area contributed by atoms with Crippen LogP contribution in [0.25, 0.3) is 11.1 Å². The molecule has 0 amide bonds. The first kappa shape index (κ1) is 37.3. The molecule has 56 heavy (non-hydrogen) atoms. The van der Waals surface area contributed by atoms with Gasteiger partial charge in [0.2, 0.25) is 0 Å². The molecule has 0 aliphatic carbocycles. The lowest BCUT2D eigenvalue weighted by Crippen LogP contribution is -2.19. The molecule has 0 bridgehead atoms. The van der Waals surface area contributed by atoms with Gasteiger partial charge in [-0.3, -0.25) is 0 Å². The third-order valence-corrected chi connectivity index (χ3v) is 10.8. The van der Waals surface area contributed by atoms with Gasteiger partial charge >= 0.3 is 0 Å². The second-order valence-corrected chi connectivity index (χ2v) is 17.0. The zero-order valence-corrected chi connectivity index (χ0v) is 34.0. The maximum atomic E-state index is 7.87. The average Bonchev–Trinajstić information content (AvgIpc) is 3.19. The second kappa shape index (κ2) is 14.8. The summed E-state index contributed by atoms with van der Waals surface area (Å²) >= 11 is 7.87. The minimum absolute atomic E-state index is 0.00513. The van der Waals surface area contributed by atoms with Crippen LogP contribution in [0.5, 0.6) is 23.0 Å². The van der Waals surface area contributed by atoms with Gasteiger partial charge in [0.05, 0.1) is 33.5 Å². The van der Waals surface area contributed by atoms with Crippen molar-refractivity contribution in [2.45, 2.75) is 59.3 Å². The van der Waals surface area contributed by atoms with E-state index in [4.69, 9.17) is 30.5 Å². The summed E-state index contributed by atoms with van der Waals surface area (Å²) in [5.74, 6) is 2.81. The van der Waals surface area contributed by atoms with E-state index < -0.39 is 0 Å². The van der Waals surface area contributed by atoms with Crippen LogP contribution in [0.4, 0.5) is 34.1 Å². The number of anilines is 6. The van der Waals surface area contributed by atoms with Gasteiger partial charge in [-0.15, -0.1) is 0 Å². The van der Waals surface area contributed by atoms with Crippen LogP contribution >= 0.6 is 11.6 Å². The molecule has 2 heterocycles. The Balaban J connectivity index is 1.38. The lowest BCUT2D eigenvalue weighted by Gasteiger charge is -2.34. The van der Waals surface area contributed by atoms with Crippen molar-refractivity contribution < 1.29 is 18.9 Å². The SMILES string of the molecule is Cc1cc(N(c2ccc3c(c2)OCCO3)c2ccc3c(c2)OCCO3)c(Cl)c(N(c2ccc(C(C)(C)C)cc2)c2ccc(C(C)(C)C)cc2-c2ccccc2)c1. The van der Waals surface area contributed by atoms with E-state index in [1.165, 1.54) is 11.1 Å². The summed E-state index contributed by atoms with van der Waals surface area (Å²) in [4.78, 5) is 4.48. The van der Waals surface area contributed by atoms with Gasteiger partial charge in [-0.05, 0) is 101 Å². The number of nitrogens with zero attached hydrogens (tertiary/aromatic N) is 2. The van der Waals surface area contributed by atoms with Crippen molar-refractivity contribution in [1.29, 1.82) is 0 Å². The molecule has 0 spiro atoms. The fourth-order valence-electron chi connectivity index (χ4n) is 7.39. The maximum Gasteiger partial charge on any atom is 0.163 e. The Labute approximate surface area is 336 Å². The monoisotopic (exact) mass is 764 g/mol. The third-order valence-electron chi connectivity index (χ3n) is 10.4. The summed E-state index contributed by atoms with van der Waals surface area (Å²) in [5, 5.41) is 0.583. The van der Waals surface area contributed by atoms with E-state index >= 15 is 0 Å². The lowest BCUT2D eigenvalue weighted by molar-refractivity contribution is 0.171. The van der Waals surface area contributed by atoms with Crippen LogP contribution in [-0.4, -0.2) is 26.4 Å². The first-order chi connectivity index (χ1) is 26.8. The molecule has 2 aliphatic heterocycles. The number of aryl methyl sites for hydroxylation is 1. The van der Waals surface area contributed by atoms with Gasteiger partial charge in [-0.2, -0.15) is 0 Å². The first-order valence-corrected chi connectivity index (χ1v) is 19.7. The van der Waals surface area contributed by atoms with Gasteiger partial charge in [0.15, 0.2) is 23.0 Å². The molecule has 0 radical (unpaired) electrons. The second-order valence-electron chi connectivity index (χ2n) is 16.6. The zero-order valence-electron chi connectivity index (χ0n) is 33.3. The standard InChI is InChI=1S/C49H49ClN2O4/c1-32-27-41(51(37-18-21-43-45(30-37)55-25-23-53-43)38-19-22-44-46(31-38)56-26-24-54-44)47(50)42(28-32)52(36-16-13-34(14-17-36)48(2,3)4)40-20-15-35(49(5,6)7)29-39(40)33-11-9-8-10-12-33/h8-22,27-31H,23-26H2,1-7H3. The highest BCUT2D eigenvalue weighted by Gasteiger charge is 2.28. The fourth-order valence-corrected chi connectivity index (χ4v) is 7.67. The van der Waals surface area contributed by atoms with E-state index in [0.29, 0.717) is 42.9 Å². The summed E-state index contributed by atoms with van der Waals surface area (Å²) < 4.78 is 24.0. The van der Waals surface area contributed by atoms with Crippen molar-refractivity contribution in [3.8, 4) is 34.1 Å². The number of benzene rings is 6. The Hall–Kier alpha value is -5.59. The fraction of sp³-hybridized carbons (Fsp3) is 0.265. The Morgan fingerprint density at radius 1 is 0.464 bits per heavy atom. The van der Waals surface area contributed by atoms with Crippen LogP contribution in [0.2, 0.25) is 5.02 Å². The molecule has 7 heteroatoms. The van der Waals surface area contributed by atoms with Crippen molar-refractivity contribution in [2.75, 3.05) is 36.2 Å². The summed E-state index contributed by atoms with van der Waals surface area (Å²) in [7, 11) is 0. The van der Waals surface area contributed by atoms with E-state index in [1.807, 2.05) is 36.4 Å². The van der Waals surface area contributed by atoms with E-state index in [2.05, 4.69) is 143 Å². The molecule has 8 rings (SSSR count). The van der Waals surface area contributed by atoms with Crippen LogP contribution in [0, 0.1) is 6.92 Å². The molecule has 0 unspecified atom stereocenters. The van der Waals surface area contributed by atoms with Crippen LogP contribution in [0.1, 0.15) is 58.2 Å². The minimum atomic E-state index is -0.0524. The third kappa shape index (κ3) is 7.38.